The van der Waals surface area contributed by atoms with Gasteiger partial charge in [0, 0.05) is 0 Å². The zero-order valence-electron chi connectivity index (χ0n) is 7.69. The largest absolute Gasteiger partial charge is 5.00 e. The molecule has 11 nitrogen and oxygen atoms in total. The first-order valence-corrected chi connectivity index (χ1v) is 0. The topological polar surface area (TPSA) is 314 Å². The van der Waals surface area contributed by atoms with E-state index in [2.05, 4.69) is 0 Å². The van der Waals surface area contributed by atoms with Gasteiger partial charge in [-0.2, -0.15) is 0 Å². The van der Waals surface area contributed by atoms with Gasteiger partial charge in [-0.1, -0.05) is 0 Å². The molecule has 0 saturated heterocycles. The summed E-state index contributed by atoms with van der Waals surface area (Å²) in [5.74, 6) is 0. The summed E-state index contributed by atoms with van der Waals surface area (Å²) in [6.45, 7) is 0. The zero-order valence-corrected chi connectivity index (χ0v) is 24.2. The normalized spacial score (nSPS) is 0. The van der Waals surface area contributed by atoms with Gasteiger partial charge in [-0.05, 0) is 0 Å². The Balaban J connectivity index is 0. The summed E-state index contributed by atoms with van der Waals surface area (Å²) in [4.78, 5) is 0. The maximum Gasteiger partial charge on any atom is 5.00 e. The molecule has 0 unspecified atom stereocenters. The molecule has 0 aromatic rings. The Morgan fingerprint density at radius 2 is 0.235 bits per heavy atom. The smallest absolute Gasteiger partial charge is 2.00 e. The third-order valence-electron chi connectivity index (χ3n) is 0. The van der Waals surface area contributed by atoms with E-state index < -0.39 is 0 Å². The van der Waals surface area contributed by atoms with Crippen molar-refractivity contribution >= 4 is 39.6 Å². The van der Waals surface area contributed by atoms with Gasteiger partial charge in [0.15, 0.2) is 0 Å². The summed E-state index contributed by atoms with van der Waals surface area (Å²) in [6, 6.07) is 0. The molecule has 0 fully saturated rings. The van der Waals surface area contributed by atoms with Crippen molar-refractivity contribution in [3.8, 4) is 0 Å². The Hall–Kier alpha value is 4.70. The molecule has 0 aromatic heterocycles. The van der Waals surface area contributed by atoms with E-state index >= 15 is 0 Å². The summed E-state index contributed by atoms with van der Waals surface area (Å²) >= 11 is 0. The van der Waals surface area contributed by atoms with Crippen LogP contribution in [0.15, 0.2) is 0 Å². The molecule has 0 radical (unpaired) electrons. The van der Waals surface area contributed by atoms with Gasteiger partial charge in [0.1, 0.15) is 0 Å². The van der Waals surface area contributed by atoms with Crippen LogP contribution in [0, 0.1) is 71.2 Å². The van der Waals surface area contributed by atoms with Crippen molar-refractivity contribution in [1.29, 1.82) is 0 Å². The van der Waals surface area contributed by atoms with E-state index in [-0.39, 0.29) is 216 Å². The van der Waals surface area contributed by atoms with Crippen LogP contribution in [0.5, 0.6) is 0 Å². The number of hydrogen-bond acceptors (Lipinski definition) is 0. The van der Waals surface area contributed by atoms with Crippen molar-refractivity contribution in [3.63, 3.8) is 0 Å². The quantitative estimate of drug-likeness (QED) is 0.239. The van der Waals surface area contributed by atoms with Crippen molar-refractivity contribution < 1.29 is 176 Å². The number of rotatable bonds is 0. The fourth-order valence-electron chi connectivity index (χ4n) is 0. The zero-order chi connectivity index (χ0) is 0. The SMILES string of the molecule is [Ga+3].[Ga+3].[La+3].[La+3].[Nb+5].[Nb+5].[O-2].[O-2].[O-2].[O-2].[O-2].[O-2].[O-2].[O-2].[O-2].[O-2].[O-2]. The Morgan fingerprint density at radius 1 is 0.235 bits per heavy atom. The molecule has 0 saturated carbocycles. The minimum absolute atomic E-state index is 0. The summed E-state index contributed by atoms with van der Waals surface area (Å²) in [7, 11) is 0. The monoisotopic (exact) mass is 777 g/mol. The van der Waals surface area contributed by atoms with Crippen LogP contribution in [0.2, 0.25) is 0 Å². The minimum Gasteiger partial charge on any atom is -2.00 e. The van der Waals surface area contributed by atoms with E-state index in [1.54, 1.807) is 0 Å². The van der Waals surface area contributed by atoms with Crippen LogP contribution in [-0.2, 0) is 105 Å². The molecular weight excluding hydrogens is 779 g/mol. The van der Waals surface area contributed by atoms with Gasteiger partial charge in [-0.3, -0.25) is 0 Å². The third kappa shape index (κ3) is 327. The van der Waals surface area contributed by atoms with Gasteiger partial charge < -0.3 is 60.2 Å². The maximum atomic E-state index is 0. The van der Waals surface area contributed by atoms with Gasteiger partial charge >= 0.3 is 156 Å². The molecule has 0 aromatic carbocycles. The predicted molar refractivity (Wildman–Crippen MR) is 19.1 cm³/mol. The molecule has 88 valence electrons. The van der Waals surface area contributed by atoms with Crippen LogP contribution >= 0.6 is 0 Å². The number of hydrogen-bond donors (Lipinski definition) is 0. The first kappa shape index (κ1) is 421. The van der Waals surface area contributed by atoms with Crippen molar-refractivity contribution in [2.45, 2.75) is 0 Å². The summed E-state index contributed by atoms with van der Waals surface area (Å²) in [6.07, 6.45) is 0. The predicted octanol–water partition coefficient (Wildman–Crippen LogP) is -2.07. The molecule has 0 atom stereocenters. The van der Waals surface area contributed by atoms with Gasteiger partial charge in [-0.15, -0.1) is 0 Å². The van der Waals surface area contributed by atoms with Crippen LogP contribution in [0.25, 0.3) is 0 Å². The Labute approximate surface area is 211 Å². The fourth-order valence-corrected chi connectivity index (χ4v) is 0. The molecule has 0 aliphatic rings. The fraction of sp³-hybridized carbons (Fsp3) is 0. The van der Waals surface area contributed by atoms with Gasteiger partial charge in [0.2, 0.25) is 0 Å². The second-order valence-corrected chi connectivity index (χ2v) is 0. The summed E-state index contributed by atoms with van der Waals surface area (Å²) < 4.78 is 0. The van der Waals surface area contributed by atoms with Crippen LogP contribution in [0.4, 0.5) is 0 Å². The maximum absolute atomic E-state index is 0. The third-order valence-corrected chi connectivity index (χ3v) is 0. The van der Waals surface area contributed by atoms with E-state index in [1.807, 2.05) is 0 Å². The molecule has 0 aliphatic carbocycles. The molecule has 0 N–H and O–H groups in total. The Kier molecular flexibility index (Phi) is 8990. The minimum atomic E-state index is 0. The van der Waals surface area contributed by atoms with E-state index in [0.29, 0.717) is 0 Å². The molecule has 0 spiro atoms. The second-order valence-electron chi connectivity index (χ2n) is 0. The average molecular weight is 779 g/mol. The van der Waals surface area contributed by atoms with Crippen molar-refractivity contribution in [2.24, 2.45) is 0 Å². The first-order chi connectivity index (χ1) is 0. The molecule has 0 heterocycles. The molecule has 0 bridgehead atoms. The molecule has 0 rings (SSSR count). The van der Waals surface area contributed by atoms with Crippen molar-refractivity contribution in [3.05, 3.63) is 0 Å². The molecular formula is Ga2La2Nb2O11. The first-order valence-electron chi connectivity index (χ1n) is 0. The van der Waals surface area contributed by atoms with Crippen LogP contribution < -0.4 is 0 Å². The summed E-state index contributed by atoms with van der Waals surface area (Å²) in [5, 5.41) is 0. The van der Waals surface area contributed by atoms with E-state index in [1.165, 1.54) is 0 Å². The van der Waals surface area contributed by atoms with Gasteiger partial charge in [0.25, 0.3) is 0 Å². The average Bonchev–Trinajstić information content (AvgIpc) is 0. The molecule has 0 aliphatic heterocycles. The van der Waals surface area contributed by atoms with Crippen LogP contribution in [-0.4, -0.2) is 39.6 Å². The Bertz CT molecular complexity index is 25.4. The van der Waals surface area contributed by atoms with Gasteiger partial charge in [0.05, 0.1) is 0 Å². The van der Waals surface area contributed by atoms with E-state index in [0.717, 1.165) is 0 Å². The van der Waals surface area contributed by atoms with Crippen molar-refractivity contribution in [2.75, 3.05) is 0 Å². The second kappa shape index (κ2) is 363. The van der Waals surface area contributed by atoms with E-state index in [4.69, 9.17) is 0 Å². The standard InChI is InChI=1S/2Ga.2La.2Nb.11O/q4*+3;2*+5;11*-2. The van der Waals surface area contributed by atoms with Crippen molar-refractivity contribution in [1.82, 2.24) is 0 Å². The van der Waals surface area contributed by atoms with Gasteiger partial charge in [-0.25, -0.2) is 0 Å². The molecule has 17 heavy (non-hydrogen) atoms. The van der Waals surface area contributed by atoms with E-state index in [9.17, 15) is 0 Å². The molecule has 0 amide bonds. The molecule has 17 heteroatoms. The Morgan fingerprint density at radius 3 is 0.235 bits per heavy atom. The summed E-state index contributed by atoms with van der Waals surface area (Å²) in [5.41, 5.74) is 0. The van der Waals surface area contributed by atoms with Crippen LogP contribution in [0.3, 0.4) is 0 Å². The van der Waals surface area contributed by atoms with Crippen LogP contribution in [0.1, 0.15) is 0 Å².